The van der Waals surface area contributed by atoms with Crippen LogP contribution in [0.1, 0.15) is 17.3 Å². The number of carbonyl (C=O) groups is 2. The smallest absolute Gasteiger partial charge is 0.255 e. The Balaban J connectivity index is 1.70. The average Bonchev–Trinajstić information content (AvgIpc) is 2.63. The molecule has 2 amide bonds. The third-order valence-corrected chi connectivity index (χ3v) is 3.95. The molecule has 5 nitrogen and oxygen atoms in total. The van der Waals surface area contributed by atoms with Crippen molar-refractivity contribution in [3.05, 3.63) is 77.4 Å². The lowest BCUT2D eigenvalue weighted by Gasteiger charge is -2.08. The molecule has 130 valence electrons. The number of aromatic nitrogens is 1. The van der Waals surface area contributed by atoms with Crippen LogP contribution in [0, 0.1) is 0 Å². The summed E-state index contributed by atoms with van der Waals surface area (Å²) in [5, 5.41) is 6.05. The van der Waals surface area contributed by atoms with Crippen molar-refractivity contribution in [1.82, 2.24) is 4.98 Å². The molecule has 0 aliphatic rings. The van der Waals surface area contributed by atoms with Crippen LogP contribution in [0.15, 0.2) is 66.9 Å². The number of carbonyl (C=O) groups excluding carboxylic acids is 2. The molecular formula is C20H16ClN3O2. The first-order valence-corrected chi connectivity index (χ1v) is 8.31. The van der Waals surface area contributed by atoms with E-state index in [4.69, 9.17) is 11.6 Å². The minimum Gasteiger partial charge on any atom is -0.326 e. The van der Waals surface area contributed by atoms with Gasteiger partial charge in [-0.05, 0) is 48.5 Å². The van der Waals surface area contributed by atoms with Crippen LogP contribution >= 0.6 is 11.6 Å². The Labute approximate surface area is 156 Å². The molecule has 0 atom stereocenters. The molecule has 3 aromatic rings. The molecule has 26 heavy (non-hydrogen) atoms. The van der Waals surface area contributed by atoms with E-state index in [9.17, 15) is 9.59 Å². The van der Waals surface area contributed by atoms with Crippen molar-refractivity contribution in [2.24, 2.45) is 0 Å². The zero-order chi connectivity index (χ0) is 18.5. The summed E-state index contributed by atoms with van der Waals surface area (Å²) < 4.78 is 0. The first-order valence-electron chi connectivity index (χ1n) is 7.93. The SMILES string of the molecule is CC(=O)Nc1ccc(NC(=O)c2ccc(-c3ncccc3Cl)cc2)cc1. The zero-order valence-electron chi connectivity index (χ0n) is 14.0. The van der Waals surface area contributed by atoms with E-state index in [2.05, 4.69) is 15.6 Å². The van der Waals surface area contributed by atoms with E-state index in [0.717, 1.165) is 5.56 Å². The highest BCUT2D eigenvalue weighted by atomic mass is 35.5. The second-order valence-corrected chi connectivity index (χ2v) is 6.03. The van der Waals surface area contributed by atoms with Crippen molar-refractivity contribution in [1.29, 1.82) is 0 Å². The van der Waals surface area contributed by atoms with Gasteiger partial charge in [-0.15, -0.1) is 0 Å². The Kier molecular flexibility index (Phi) is 5.29. The van der Waals surface area contributed by atoms with Gasteiger partial charge in [0, 0.05) is 35.6 Å². The lowest BCUT2D eigenvalue weighted by molar-refractivity contribution is -0.114. The molecule has 1 heterocycles. The summed E-state index contributed by atoms with van der Waals surface area (Å²) in [5.41, 5.74) is 3.35. The van der Waals surface area contributed by atoms with Crippen LogP contribution in [0.5, 0.6) is 0 Å². The maximum absolute atomic E-state index is 12.4. The summed E-state index contributed by atoms with van der Waals surface area (Å²) in [4.78, 5) is 27.6. The quantitative estimate of drug-likeness (QED) is 0.709. The topological polar surface area (TPSA) is 71.1 Å². The van der Waals surface area contributed by atoms with Gasteiger partial charge in [0.15, 0.2) is 0 Å². The van der Waals surface area contributed by atoms with Crippen LogP contribution in [0.25, 0.3) is 11.3 Å². The molecule has 0 fully saturated rings. The summed E-state index contributed by atoms with van der Waals surface area (Å²) in [7, 11) is 0. The van der Waals surface area contributed by atoms with Gasteiger partial charge in [0.2, 0.25) is 5.91 Å². The normalized spacial score (nSPS) is 10.2. The van der Waals surface area contributed by atoms with E-state index in [1.807, 2.05) is 12.1 Å². The third-order valence-electron chi connectivity index (χ3n) is 3.64. The lowest BCUT2D eigenvalue weighted by Crippen LogP contribution is -2.12. The number of nitrogens with one attached hydrogen (secondary N) is 2. The molecule has 0 aliphatic carbocycles. The average molecular weight is 366 g/mol. The van der Waals surface area contributed by atoms with Crippen molar-refractivity contribution < 1.29 is 9.59 Å². The van der Waals surface area contributed by atoms with Crippen LogP contribution < -0.4 is 10.6 Å². The lowest BCUT2D eigenvalue weighted by atomic mass is 10.1. The molecule has 0 spiro atoms. The number of nitrogens with zero attached hydrogens (tertiary/aromatic N) is 1. The van der Waals surface area contributed by atoms with Crippen molar-refractivity contribution in [2.75, 3.05) is 10.6 Å². The first-order chi connectivity index (χ1) is 12.5. The highest BCUT2D eigenvalue weighted by Crippen LogP contribution is 2.25. The molecule has 1 aromatic heterocycles. The van der Waals surface area contributed by atoms with Gasteiger partial charge in [-0.25, -0.2) is 0 Å². The van der Waals surface area contributed by atoms with Gasteiger partial charge >= 0.3 is 0 Å². The molecule has 3 rings (SSSR count). The molecule has 6 heteroatoms. The number of hydrogen-bond acceptors (Lipinski definition) is 3. The predicted molar refractivity (Wildman–Crippen MR) is 103 cm³/mol. The van der Waals surface area contributed by atoms with E-state index < -0.39 is 0 Å². The number of anilines is 2. The predicted octanol–water partition coefficient (Wildman–Crippen LogP) is 4.61. The van der Waals surface area contributed by atoms with Gasteiger partial charge in [0.05, 0.1) is 10.7 Å². The molecular weight excluding hydrogens is 350 g/mol. The monoisotopic (exact) mass is 365 g/mol. The summed E-state index contributed by atoms with van der Waals surface area (Å²) >= 11 is 6.14. The second kappa shape index (κ2) is 7.80. The fraction of sp³-hybridized carbons (Fsp3) is 0.0500. The Hall–Kier alpha value is -3.18. The van der Waals surface area contributed by atoms with Gasteiger partial charge in [-0.1, -0.05) is 23.7 Å². The van der Waals surface area contributed by atoms with Crippen LogP contribution in [0.4, 0.5) is 11.4 Å². The summed E-state index contributed by atoms with van der Waals surface area (Å²) in [6, 6.07) is 17.5. The molecule has 2 aromatic carbocycles. The highest BCUT2D eigenvalue weighted by molar-refractivity contribution is 6.33. The maximum Gasteiger partial charge on any atom is 0.255 e. The largest absolute Gasteiger partial charge is 0.326 e. The van der Waals surface area contributed by atoms with E-state index in [1.165, 1.54) is 6.92 Å². The van der Waals surface area contributed by atoms with Gasteiger partial charge in [0.1, 0.15) is 0 Å². The number of benzene rings is 2. The molecule has 0 unspecified atom stereocenters. The van der Waals surface area contributed by atoms with Crippen LogP contribution in [0.3, 0.4) is 0 Å². The summed E-state index contributed by atoms with van der Waals surface area (Å²) in [6.07, 6.45) is 1.67. The Morgan fingerprint density at radius 1 is 0.885 bits per heavy atom. The van der Waals surface area contributed by atoms with Gasteiger partial charge in [0.25, 0.3) is 5.91 Å². The van der Waals surface area contributed by atoms with Crippen molar-refractivity contribution in [3.8, 4) is 11.3 Å². The number of pyridine rings is 1. The fourth-order valence-electron chi connectivity index (χ4n) is 2.42. The van der Waals surface area contributed by atoms with Crippen LogP contribution in [0.2, 0.25) is 5.02 Å². The van der Waals surface area contributed by atoms with E-state index >= 15 is 0 Å². The maximum atomic E-state index is 12.4. The van der Waals surface area contributed by atoms with E-state index in [-0.39, 0.29) is 11.8 Å². The van der Waals surface area contributed by atoms with Gasteiger partial charge in [-0.2, -0.15) is 0 Å². The second-order valence-electron chi connectivity index (χ2n) is 5.62. The highest BCUT2D eigenvalue weighted by Gasteiger charge is 2.09. The molecule has 0 saturated heterocycles. The van der Waals surface area contributed by atoms with Gasteiger partial charge < -0.3 is 10.6 Å². The Bertz CT molecular complexity index is 938. The van der Waals surface area contributed by atoms with Gasteiger partial charge in [-0.3, -0.25) is 14.6 Å². The summed E-state index contributed by atoms with van der Waals surface area (Å²) in [5.74, 6) is -0.370. The van der Waals surface area contributed by atoms with E-state index in [1.54, 1.807) is 54.7 Å². The van der Waals surface area contributed by atoms with Crippen molar-refractivity contribution in [2.45, 2.75) is 6.92 Å². The number of halogens is 1. The minimum atomic E-state index is -0.226. The molecule has 0 radical (unpaired) electrons. The first kappa shape index (κ1) is 17.6. The zero-order valence-corrected chi connectivity index (χ0v) is 14.7. The summed E-state index contributed by atoms with van der Waals surface area (Å²) in [6.45, 7) is 1.44. The number of rotatable bonds is 4. The molecule has 0 aliphatic heterocycles. The molecule has 0 bridgehead atoms. The van der Waals surface area contributed by atoms with Crippen LogP contribution in [-0.2, 0) is 4.79 Å². The van der Waals surface area contributed by atoms with E-state index in [0.29, 0.717) is 27.7 Å². The van der Waals surface area contributed by atoms with Crippen molar-refractivity contribution >= 4 is 34.8 Å². The Morgan fingerprint density at radius 3 is 2.08 bits per heavy atom. The number of amides is 2. The Morgan fingerprint density at radius 2 is 1.50 bits per heavy atom. The minimum absolute atomic E-state index is 0.144. The standard InChI is InChI=1S/C20H16ClN3O2/c1-13(25)23-16-8-10-17(11-9-16)24-20(26)15-6-4-14(5-7-15)19-18(21)3-2-12-22-19/h2-12H,1H3,(H,23,25)(H,24,26). The van der Waals surface area contributed by atoms with Crippen molar-refractivity contribution in [3.63, 3.8) is 0 Å². The third kappa shape index (κ3) is 4.26. The molecule has 2 N–H and O–H groups in total. The fourth-order valence-corrected chi connectivity index (χ4v) is 2.65. The number of hydrogen-bond donors (Lipinski definition) is 2. The van der Waals surface area contributed by atoms with Crippen LogP contribution in [-0.4, -0.2) is 16.8 Å². The molecule has 0 saturated carbocycles.